The molecule has 0 aromatic carbocycles. The fourth-order valence-electron chi connectivity index (χ4n) is 3.81. The van der Waals surface area contributed by atoms with Crippen molar-refractivity contribution in [2.24, 2.45) is 5.92 Å². The van der Waals surface area contributed by atoms with Crippen LogP contribution < -0.4 is 0 Å². The Bertz CT molecular complexity index is 692. The molecule has 2 aromatic rings. The topological polar surface area (TPSA) is 51.7 Å². The summed E-state index contributed by atoms with van der Waals surface area (Å²) in [4.78, 5) is 19.7. The summed E-state index contributed by atoms with van der Waals surface area (Å²) in [6.45, 7) is 2.59. The maximum atomic E-state index is 12.8. The van der Waals surface area contributed by atoms with Gasteiger partial charge in [0, 0.05) is 18.9 Å². The average molecular weight is 358 g/mol. The smallest absolute Gasteiger partial charge is 0.264 e. The number of morpholine rings is 1. The minimum Gasteiger partial charge on any atom is -0.376 e. The van der Waals surface area contributed by atoms with Crippen LogP contribution in [0.5, 0.6) is 0 Å². The lowest BCUT2D eigenvalue weighted by Crippen LogP contribution is -2.51. The first-order chi connectivity index (χ1) is 12.3. The lowest BCUT2D eigenvalue weighted by atomic mass is 10.1. The number of hydrogen-bond donors (Lipinski definition) is 0. The van der Waals surface area contributed by atoms with Crippen molar-refractivity contribution in [1.29, 1.82) is 0 Å². The number of amides is 1. The Kier molecular flexibility index (Phi) is 5.10. The summed E-state index contributed by atoms with van der Waals surface area (Å²) >= 11 is 1.51. The standard InChI is InChI=1S/C19H22N2O3S/c22-19(18-4-2-8-25-18)21-6-7-24-17-10-15(9-16(17)21)13-23-12-14-3-1-5-20-11-14/h1-5,8,11,15-17H,6-7,9-10,12-13H2/t15-,16+,17-/m1/s1. The maximum absolute atomic E-state index is 12.8. The molecule has 3 atom stereocenters. The molecule has 1 amide bonds. The molecule has 2 aliphatic rings. The van der Waals surface area contributed by atoms with Crippen molar-refractivity contribution in [2.75, 3.05) is 19.8 Å². The lowest BCUT2D eigenvalue weighted by Gasteiger charge is -2.37. The minimum atomic E-state index is 0.143. The third-order valence-corrected chi connectivity index (χ3v) is 5.83. The van der Waals surface area contributed by atoms with Gasteiger partial charge >= 0.3 is 0 Å². The second-order valence-electron chi connectivity index (χ2n) is 6.67. The zero-order valence-corrected chi connectivity index (χ0v) is 14.9. The quantitative estimate of drug-likeness (QED) is 0.825. The van der Waals surface area contributed by atoms with Crippen molar-refractivity contribution in [3.63, 3.8) is 0 Å². The summed E-state index contributed by atoms with van der Waals surface area (Å²) in [6, 6.07) is 7.95. The third kappa shape index (κ3) is 3.76. The van der Waals surface area contributed by atoms with Crippen LogP contribution in [0.2, 0.25) is 0 Å². The number of ether oxygens (including phenoxy) is 2. The maximum Gasteiger partial charge on any atom is 0.264 e. The number of hydrogen-bond acceptors (Lipinski definition) is 5. The van der Waals surface area contributed by atoms with Crippen LogP contribution in [0.1, 0.15) is 28.1 Å². The van der Waals surface area contributed by atoms with Crippen LogP contribution in [0.4, 0.5) is 0 Å². The van der Waals surface area contributed by atoms with Crippen LogP contribution in [-0.4, -0.2) is 47.7 Å². The van der Waals surface area contributed by atoms with Crippen molar-refractivity contribution in [2.45, 2.75) is 31.6 Å². The van der Waals surface area contributed by atoms with Crippen molar-refractivity contribution in [1.82, 2.24) is 9.88 Å². The highest BCUT2D eigenvalue weighted by Gasteiger charge is 2.43. The van der Waals surface area contributed by atoms with Crippen molar-refractivity contribution >= 4 is 17.2 Å². The molecule has 25 heavy (non-hydrogen) atoms. The van der Waals surface area contributed by atoms with E-state index in [1.54, 1.807) is 6.20 Å². The van der Waals surface area contributed by atoms with E-state index >= 15 is 0 Å². The molecule has 0 N–H and O–H groups in total. The minimum absolute atomic E-state index is 0.143. The molecule has 5 nitrogen and oxygen atoms in total. The summed E-state index contributed by atoms with van der Waals surface area (Å²) < 4.78 is 11.8. The Morgan fingerprint density at radius 2 is 2.32 bits per heavy atom. The van der Waals surface area contributed by atoms with Gasteiger partial charge in [0.15, 0.2) is 0 Å². The molecule has 1 aliphatic carbocycles. The largest absolute Gasteiger partial charge is 0.376 e. The van der Waals surface area contributed by atoms with Gasteiger partial charge in [0.25, 0.3) is 5.91 Å². The van der Waals surface area contributed by atoms with E-state index in [1.807, 2.05) is 40.7 Å². The summed E-state index contributed by atoms with van der Waals surface area (Å²) in [6.07, 6.45) is 5.66. The van der Waals surface area contributed by atoms with Gasteiger partial charge in [-0.25, -0.2) is 0 Å². The molecule has 2 aromatic heterocycles. The molecule has 1 aliphatic heterocycles. The van der Waals surface area contributed by atoms with Gasteiger partial charge in [-0.2, -0.15) is 0 Å². The molecule has 0 radical (unpaired) electrons. The second-order valence-corrected chi connectivity index (χ2v) is 7.61. The SMILES string of the molecule is O=C(c1cccs1)N1CCO[C@@H]2C[C@H](COCc3cccnc3)C[C@@H]21. The van der Waals surface area contributed by atoms with Crippen molar-refractivity contribution < 1.29 is 14.3 Å². The number of carbonyl (C=O) groups excluding carboxylic acids is 1. The van der Waals surface area contributed by atoms with Crippen molar-refractivity contribution in [3.8, 4) is 0 Å². The fourth-order valence-corrected chi connectivity index (χ4v) is 4.49. The monoisotopic (exact) mass is 358 g/mol. The molecule has 132 valence electrons. The Morgan fingerprint density at radius 3 is 3.12 bits per heavy atom. The number of aromatic nitrogens is 1. The molecule has 0 spiro atoms. The molecule has 0 unspecified atom stereocenters. The summed E-state index contributed by atoms with van der Waals surface area (Å²) in [7, 11) is 0. The highest BCUT2D eigenvalue weighted by molar-refractivity contribution is 7.12. The highest BCUT2D eigenvalue weighted by Crippen LogP contribution is 2.35. The molecule has 1 saturated carbocycles. The molecule has 4 rings (SSSR count). The third-order valence-electron chi connectivity index (χ3n) is 4.97. The average Bonchev–Trinajstić information content (AvgIpc) is 3.31. The van der Waals surface area contributed by atoms with Crippen LogP contribution in [0.15, 0.2) is 42.0 Å². The van der Waals surface area contributed by atoms with Gasteiger partial charge in [0.2, 0.25) is 0 Å². The van der Waals surface area contributed by atoms with E-state index in [0.29, 0.717) is 32.3 Å². The van der Waals surface area contributed by atoms with Crippen LogP contribution >= 0.6 is 11.3 Å². The Labute approximate surface area is 151 Å². The zero-order valence-electron chi connectivity index (χ0n) is 14.0. The molecule has 6 heteroatoms. The first-order valence-electron chi connectivity index (χ1n) is 8.74. The van der Waals surface area contributed by atoms with Crippen LogP contribution in [0.3, 0.4) is 0 Å². The van der Waals surface area contributed by atoms with Gasteiger partial charge in [-0.05, 0) is 41.8 Å². The van der Waals surface area contributed by atoms with Gasteiger partial charge in [-0.15, -0.1) is 11.3 Å². The number of thiophene rings is 1. The summed E-state index contributed by atoms with van der Waals surface area (Å²) in [5.41, 5.74) is 1.09. The van der Waals surface area contributed by atoms with E-state index in [2.05, 4.69) is 4.98 Å². The number of carbonyl (C=O) groups is 1. The highest BCUT2D eigenvalue weighted by atomic mass is 32.1. The molecule has 2 fully saturated rings. The predicted molar refractivity (Wildman–Crippen MR) is 95.5 cm³/mol. The van der Waals surface area contributed by atoms with Gasteiger partial charge in [0.05, 0.1) is 36.8 Å². The Hall–Kier alpha value is -1.76. The molecule has 3 heterocycles. The zero-order chi connectivity index (χ0) is 17.1. The molecule has 1 saturated heterocycles. The summed E-state index contributed by atoms with van der Waals surface area (Å²) in [5, 5.41) is 1.95. The fraction of sp³-hybridized carbons (Fsp3) is 0.474. The number of pyridine rings is 1. The van der Waals surface area contributed by atoms with E-state index in [-0.39, 0.29) is 18.1 Å². The van der Waals surface area contributed by atoms with Gasteiger partial charge in [-0.3, -0.25) is 9.78 Å². The molecular formula is C19H22N2O3S. The van der Waals surface area contributed by atoms with Gasteiger partial charge in [0.1, 0.15) is 0 Å². The number of nitrogens with zero attached hydrogens (tertiary/aromatic N) is 2. The van der Waals surface area contributed by atoms with Crippen molar-refractivity contribution in [3.05, 3.63) is 52.5 Å². The molecule has 0 bridgehead atoms. The number of rotatable bonds is 5. The number of fused-ring (bicyclic) bond motifs is 1. The van der Waals surface area contributed by atoms with Crippen LogP contribution in [-0.2, 0) is 16.1 Å². The van der Waals surface area contributed by atoms with E-state index in [0.717, 1.165) is 23.3 Å². The van der Waals surface area contributed by atoms with Crippen LogP contribution in [0, 0.1) is 5.92 Å². The first-order valence-corrected chi connectivity index (χ1v) is 9.62. The first kappa shape index (κ1) is 16.7. The van der Waals surface area contributed by atoms with E-state index < -0.39 is 0 Å². The molecular weight excluding hydrogens is 336 g/mol. The van der Waals surface area contributed by atoms with E-state index in [4.69, 9.17) is 9.47 Å². The van der Waals surface area contributed by atoms with Gasteiger partial charge in [-0.1, -0.05) is 12.1 Å². The Morgan fingerprint density at radius 1 is 1.36 bits per heavy atom. The summed E-state index contributed by atoms with van der Waals surface area (Å²) in [5.74, 6) is 0.577. The normalized spacial score (nSPS) is 25.8. The van der Waals surface area contributed by atoms with Crippen LogP contribution in [0.25, 0.3) is 0 Å². The predicted octanol–water partition coefficient (Wildman–Crippen LogP) is 2.98. The van der Waals surface area contributed by atoms with E-state index in [1.165, 1.54) is 11.3 Å². The lowest BCUT2D eigenvalue weighted by molar-refractivity contribution is -0.0448. The van der Waals surface area contributed by atoms with E-state index in [9.17, 15) is 4.79 Å². The second kappa shape index (κ2) is 7.64. The Balaban J connectivity index is 1.33. The van der Waals surface area contributed by atoms with Gasteiger partial charge < -0.3 is 14.4 Å².